The molecule has 2 heterocycles. The average Bonchev–Trinajstić information content (AvgIpc) is 3.19. The molecule has 0 saturated heterocycles. The molecule has 1 atom stereocenters. The lowest BCUT2D eigenvalue weighted by molar-refractivity contribution is -0.123. The highest BCUT2D eigenvalue weighted by Crippen LogP contribution is 2.39. The fraction of sp³-hybridized carbons (Fsp3) is 0.190. The van der Waals surface area contributed by atoms with Crippen LogP contribution in [0.5, 0.6) is 0 Å². The highest BCUT2D eigenvalue weighted by atomic mass is 35.5. The van der Waals surface area contributed by atoms with Crippen LogP contribution in [0.15, 0.2) is 48.5 Å². The maximum absolute atomic E-state index is 13.0. The highest BCUT2D eigenvalue weighted by Gasteiger charge is 2.36. The zero-order chi connectivity index (χ0) is 20.5. The summed E-state index contributed by atoms with van der Waals surface area (Å²) in [6.07, 6.45) is 0.572. The molecule has 1 aliphatic rings. The fourth-order valence-corrected chi connectivity index (χ4v) is 3.62. The van der Waals surface area contributed by atoms with E-state index in [9.17, 15) is 14.0 Å². The van der Waals surface area contributed by atoms with Crippen molar-refractivity contribution in [3.05, 3.63) is 65.1 Å². The van der Waals surface area contributed by atoms with Crippen molar-refractivity contribution in [2.45, 2.75) is 25.8 Å². The Morgan fingerprint density at radius 1 is 1.28 bits per heavy atom. The molecular formula is C21H18ClFN4O2. The van der Waals surface area contributed by atoms with E-state index in [1.807, 2.05) is 25.1 Å². The average molecular weight is 413 g/mol. The molecule has 29 heavy (non-hydrogen) atoms. The van der Waals surface area contributed by atoms with Gasteiger partial charge in [-0.2, -0.15) is 5.10 Å². The molecule has 3 aromatic rings. The van der Waals surface area contributed by atoms with Gasteiger partial charge in [-0.3, -0.25) is 9.59 Å². The van der Waals surface area contributed by atoms with Gasteiger partial charge in [-0.25, -0.2) is 9.07 Å². The molecule has 0 spiro atoms. The van der Waals surface area contributed by atoms with E-state index in [-0.39, 0.29) is 24.1 Å². The number of carbonyl (C=O) groups excluding carboxylic acids is 2. The molecule has 0 bridgehead atoms. The van der Waals surface area contributed by atoms with Gasteiger partial charge in [0.25, 0.3) is 5.91 Å². The van der Waals surface area contributed by atoms with Crippen molar-refractivity contribution >= 4 is 34.9 Å². The Labute approximate surface area is 171 Å². The van der Waals surface area contributed by atoms with E-state index in [1.54, 1.807) is 10.7 Å². The molecule has 1 unspecified atom stereocenters. The van der Waals surface area contributed by atoms with E-state index in [2.05, 4.69) is 15.7 Å². The van der Waals surface area contributed by atoms with E-state index in [4.69, 9.17) is 11.6 Å². The van der Waals surface area contributed by atoms with Gasteiger partial charge in [-0.1, -0.05) is 30.7 Å². The van der Waals surface area contributed by atoms with Gasteiger partial charge >= 0.3 is 0 Å². The molecule has 2 aromatic carbocycles. The number of carbonyl (C=O) groups is 2. The van der Waals surface area contributed by atoms with Crippen LogP contribution >= 0.6 is 11.6 Å². The van der Waals surface area contributed by atoms with E-state index < -0.39 is 6.04 Å². The minimum atomic E-state index is -0.760. The molecule has 1 aliphatic heterocycles. The van der Waals surface area contributed by atoms with Crippen molar-refractivity contribution in [2.24, 2.45) is 0 Å². The minimum absolute atomic E-state index is 0.0873. The van der Waals surface area contributed by atoms with Gasteiger partial charge in [0.05, 0.1) is 12.1 Å². The van der Waals surface area contributed by atoms with Gasteiger partial charge in [-0.15, -0.1) is 0 Å². The number of fused-ring (bicyclic) bond motifs is 1. The van der Waals surface area contributed by atoms with Crippen molar-refractivity contribution in [3.63, 3.8) is 0 Å². The summed E-state index contributed by atoms with van der Waals surface area (Å²) in [6.45, 7) is 1.98. The first-order chi connectivity index (χ1) is 14.0. The normalized spacial score (nSPS) is 15.1. The third kappa shape index (κ3) is 3.73. The van der Waals surface area contributed by atoms with Crippen molar-refractivity contribution in [3.8, 4) is 11.1 Å². The first-order valence-corrected chi connectivity index (χ1v) is 9.57. The Morgan fingerprint density at radius 2 is 2.03 bits per heavy atom. The number of nitrogens with zero attached hydrogens (tertiary/aromatic N) is 2. The second kappa shape index (κ2) is 7.67. The second-order valence-corrected chi connectivity index (χ2v) is 7.18. The topological polar surface area (TPSA) is 76.0 Å². The van der Waals surface area contributed by atoms with E-state index in [0.717, 1.165) is 16.8 Å². The standard InChI is InChI=1S/C21H18ClFN4O2/c1-2-16-19(12-4-3-5-13(22)10-12)20-25-21(29)17(27(20)26-16)11-18(28)24-15-8-6-14(23)7-9-15/h3-10,17H,2,11H2,1H3,(H,24,28)(H,25,29). The number of aromatic nitrogens is 2. The van der Waals surface area contributed by atoms with Crippen molar-refractivity contribution in [2.75, 3.05) is 10.6 Å². The molecule has 2 N–H and O–H groups in total. The SMILES string of the molecule is CCc1nn2c(c1-c1cccc(Cl)c1)NC(=O)C2CC(=O)Nc1ccc(F)cc1. The molecule has 148 valence electrons. The number of aryl methyl sites for hydroxylation is 1. The summed E-state index contributed by atoms with van der Waals surface area (Å²) in [5, 5.41) is 10.7. The van der Waals surface area contributed by atoms with E-state index in [0.29, 0.717) is 22.9 Å². The van der Waals surface area contributed by atoms with Crippen molar-refractivity contribution in [1.82, 2.24) is 9.78 Å². The van der Waals surface area contributed by atoms with Crippen LogP contribution in [0, 0.1) is 5.82 Å². The Bertz CT molecular complexity index is 1090. The van der Waals surface area contributed by atoms with Gasteiger partial charge in [0, 0.05) is 16.3 Å². The van der Waals surface area contributed by atoms with Crippen LogP contribution in [0.25, 0.3) is 11.1 Å². The van der Waals surface area contributed by atoms with Crippen LogP contribution in [0.3, 0.4) is 0 Å². The number of halogens is 2. The molecule has 0 fully saturated rings. The first-order valence-electron chi connectivity index (χ1n) is 9.20. The molecule has 0 radical (unpaired) electrons. The van der Waals surface area contributed by atoms with Gasteiger partial charge in [-0.05, 0) is 48.4 Å². The number of hydrogen-bond acceptors (Lipinski definition) is 3. The minimum Gasteiger partial charge on any atom is -0.326 e. The fourth-order valence-electron chi connectivity index (χ4n) is 3.43. The smallest absolute Gasteiger partial charge is 0.251 e. The maximum Gasteiger partial charge on any atom is 0.251 e. The summed E-state index contributed by atoms with van der Waals surface area (Å²) in [4.78, 5) is 25.0. The summed E-state index contributed by atoms with van der Waals surface area (Å²) in [5.41, 5.74) is 2.94. The molecule has 1 aromatic heterocycles. The summed E-state index contributed by atoms with van der Waals surface area (Å²) >= 11 is 6.13. The monoisotopic (exact) mass is 412 g/mol. The van der Waals surface area contributed by atoms with Crippen molar-refractivity contribution < 1.29 is 14.0 Å². The number of benzene rings is 2. The van der Waals surface area contributed by atoms with E-state index >= 15 is 0 Å². The summed E-state index contributed by atoms with van der Waals surface area (Å²) in [6, 6.07) is 12.0. The molecule has 8 heteroatoms. The lowest BCUT2D eigenvalue weighted by Gasteiger charge is -2.10. The van der Waals surface area contributed by atoms with Crippen molar-refractivity contribution in [1.29, 1.82) is 0 Å². The molecule has 6 nitrogen and oxygen atoms in total. The number of hydrogen-bond donors (Lipinski definition) is 2. The number of rotatable bonds is 5. The predicted molar refractivity (Wildman–Crippen MR) is 109 cm³/mol. The van der Waals surface area contributed by atoms with Gasteiger partial charge in [0.2, 0.25) is 5.91 Å². The molecule has 2 amide bonds. The van der Waals surface area contributed by atoms with Gasteiger partial charge in [0.15, 0.2) is 0 Å². The summed E-state index contributed by atoms with van der Waals surface area (Å²) < 4.78 is 14.6. The molecule has 0 aliphatic carbocycles. The lowest BCUT2D eigenvalue weighted by Crippen LogP contribution is -2.23. The summed E-state index contributed by atoms with van der Waals surface area (Å²) in [5.74, 6) is -0.483. The van der Waals surface area contributed by atoms with Crippen LogP contribution < -0.4 is 10.6 Å². The van der Waals surface area contributed by atoms with Gasteiger partial charge < -0.3 is 10.6 Å². The summed E-state index contributed by atoms with van der Waals surface area (Å²) in [7, 11) is 0. The van der Waals surface area contributed by atoms with Gasteiger partial charge in [0.1, 0.15) is 17.7 Å². The number of nitrogens with one attached hydrogen (secondary N) is 2. The maximum atomic E-state index is 13.0. The third-order valence-corrected chi connectivity index (χ3v) is 5.01. The van der Waals surface area contributed by atoms with Crippen LogP contribution in [0.2, 0.25) is 5.02 Å². The third-order valence-electron chi connectivity index (χ3n) is 4.78. The zero-order valence-corrected chi connectivity index (χ0v) is 16.3. The molecular weight excluding hydrogens is 395 g/mol. The number of anilines is 2. The molecule has 4 rings (SSSR count). The van der Waals surface area contributed by atoms with Crippen LogP contribution in [-0.4, -0.2) is 21.6 Å². The zero-order valence-electron chi connectivity index (χ0n) is 15.6. The predicted octanol–water partition coefficient (Wildman–Crippen LogP) is 4.43. The Morgan fingerprint density at radius 3 is 2.72 bits per heavy atom. The van der Waals surface area contributed by atoms with Crippen LogP contribution in [0.4, 0.5) is 15.9 Å². The van der Waals surface area contributed by atoms with Crippen LogP contribution in [0.1, 0.15) is 25.1 Å². The van der Waals surface area contributed by atoms with E-state index in [1.165, 1.54) is 24.3 Å². The molecule has 0 saturated carbocycles. The Kier molecular flexibility index (Phi) is 5.07. The largest absolute Gasteiger partial charge is 0.326 e. The quantitative estimate of drug-likeness (QED) is 0.651. The lowest BCUT2D eigenvalue weighted by atomic mass is 10.0. The Hall–Kier alpha value is -3.19. The number of amides is 2. The van der Waals surface area contributed by atoms with Crippen LogP contribution in [-0.2, 0) is 16.0 Å². The first kappa shape index (κ1) is 19.1. The second-order valence-electron chi connectivity index (χ2n) is 6.74. The highest BCUT2D eigenvalue weighted by molar-refractivity contribution is 6.30. The Balaban J connectivity index is 1.61.